The van der Waals surface area contributed by atoms with Crippen LogP contribution in [-0.4, -0.2) is 33.8 Å². The molecule has 2 saturated carbocycles. The second-order valence-corrected chi connectivity index (χ2v) is 6.66. The average molecular weight is 279 g/mol. The lowest BCUT2D eigenvalue weighted by molar-refractivity contribution is -0.159. The van der Waals surface area contributed by atoms with Crippen molar-refractivity contribution < 1.29 is 19.5 Å². The lowest BCUT2D eigenvalue weighted by Crippen LogP contribution is -2.53. The van der Waals surface area contributed by atoms with Crippen LogP contribution in [-0.2, 0) is 14.4 Å². The van der Waals surface area contributed by atoms with Crippen LogP contribution in [0.25, 0.3) is 0 Å². The van der Waals surface area contributed by atoms with E-state index >= 15 is 0 Å². The minimum atomic E-state index is -0.880. The largest absolute Gasteiger partial charge is 0.481 e. The van der Waals surface area contributed by atoms with Gasteiger partial charge in [-0.15, -0.1) is 0 Å². The summed E-state index contributed by atoms with van der Waals surface area (Å²) in [5.74, 6) is -1.72. The summed E-state index contributed by atoms with van der Waals surface area (Å²) in [6.45, 7) is 0. The summed E-state index contributed by atoms with van der Waals surface area (Å²) in [5.41, 5.74) is -0.109. The molecule has 0 bridgehead atoms. The zero-order chi connectivity index (χ0) is 14.3. The Labute approximate surface area is 118 Å². The Morgan fingerprint density at radius 3 is 2.20 bits per heavy atom. The van der Waals surface area contributed by atoms with Crippen LogP contribution >= 0.6 is 0 Å². The molecule has 20 heavy (non-hydrogen) atoms. The van der Waals surface area contributed by atoms with Gasteiger partial charge in [-0.2, -0.15) is 0 Å². The van der Waals surface area contributed by atoms with Crippen molar-refractivity contribution in [2.24, 2.45) is 11.3 Å². The first kappa shape index (κ1) is 13.6. The molecule has 1 heterocycles. The van der Waals surface area contributed by atoms with Crippen molar-refractivity contribution in [2.45, 2.75) is 63.8 Å². The summed E-state index contributed by atoms with van der Waals surface area (Å²) in [5, 5.41) is 9.24. The molecule has 0 aromatic carbocycles. The zero-order valence-electron chi connectivity index (χ0n) is 11.6. The molecule has 0 aromatic rings. The van der Waals surface area contributed by atoms with E-state index in [1.165, 1.54) is 4.90 Å². The summed E-state index contributed by atoms with van der Waals surface area (Å²) >= 11 is 0. The molecule has 0 aromatic heterocycles. The van der Waals surface area contributed by atoms with Gasteiger partial charge in [-0.25, -0.2) is 0 Å². The van der Waals surface area contributed by atoms with Gasteiger partial charge >= 0.3 is 5.97 Å². The Balaban J connectivity index is 1.79. The van der Waals surface area contributed by atoms with Gasteiger partial charge in [-0.1, -0.05) is 19.3 Å². The number of hydrogen-bond acceptors (Lipinski definition) is 3. The lowest BCUT2D eigenvalue weighted by Gasteiger charge is -2.40. The molecule has 1 saturated heterocycles. The number of likely N-dealkylation sites (tertiary alicyclic amines) is 1. The van der Waals surface area contributed by atoms with Crippen LogP contribution in [0, 0.1) is 11.3 Å². The van der Waals surface area contributed by atoms with E-state index in [2.05, 4.69) is 0 Å². The van der Waals surface area contributed by atoms with Crippen molar-refractivity contribution in [3.8, 4) is 0 Å². The second-order valence-electron chi connectivity index (χ2n) is 6.66. The number of carboxylic acid groups (broad SMARTS) is 1. The number of carboxylic acids is 1. The van der Waals surface area contributed by atoms with E-state index in [4.69, 9.17) is 0 Å². The number of carbonyl (C=O) groups is 3. The van der Waals surface area contributed by atoms with Crippen molar-refractivity contribution in [1.82, 2.24) is 4.90 Å². The minimum Gasteiger partial charge on any atom is -0.481 e. The fraction of sp³-hybridized carbons (Fsp3) is 0.800. The van der Waals surface area contributed by atoms with Crippen LogP contribution in [0.1, 0.15) is 57.8 Å². The van der Waals surface area contributed by atoms with E-state index in [0.29, 0.717) is 25.7 Å². The van der Waals surface area contributed by atoms with Crippen molar-refractivity contribution in [3.05, 3.63) is 0 Å². The van der Waals surface area contributed by atoms with Crippen molar-refractivity contribution in [2.75, 3.05) is 0 Å². The molecule has 1 N–H and O–H groups in total. The zero-order valence-corrected chi connectivity index (χ0v) is 11.6. The maximum absolute atomic E-state index is 12.4. The van der Waals surface area contributed by atoms with Gasteiger partial charge in [0.2, 0.25) is 11.8 Å². The van der Waals surface area contributed by atoms with Gasteiger partial charge in [0.15, 0.2) is 0 Å². The standard InChI is InChI=1S/C15H21NO4/c17-12-8-15(6-1-2-7-15)9-13(18)16(12)11-5-3-4-10(11)14(19)20/h10-11H,1-9H2,(H,19,20). The van der Waals surface area contributed by atoms with Gasteiger partial charge in [0, 0.05) is 12.8 Å². The molecule has 3 aliphatic rings. The van der Waals surface area contributed by atoms with Crippen LogP contribution < -0.4 is 0 Å². The summed E-state index contributed by atoms with van der Waals surface area (Å²) < 4.78 is 0. The van der Waals surface area contributed by atoms with Gasteiger partial charge < -0.3 is 5.11 Å². The third-order valence-electron chi connectivity index (χ3n) is 5.38. The quantitative estimate of drug-likeness (QED) is 0.784. The number of hydrogen-bond donors (Lipinski definition) is 1. The van der Waals surface area contributed by atoms with Gasteiger partial charge in [0.05, 0.1) is 12.0 Å². The number of rotatable bonds is 2. The fourth-order valence-corrected chi connectivity index (χ4v) is 4.40. The van der Waals surface area contributed by atoms with Crippen LogP contribution in [0.15, 0.2) is 0 Å². The van der Waals surface area contributed by atoms with E-state index in [9.17, 15) is 19.5 Å². The molecule has 1 spiro atoms. The highest BCUT2D eigenvalue weighted by Gasteiger charge is 2.49. The number of piperidine rings is 1. The van der Waals surface area contributed by atoms with Crippen LogP contribution in [0.4, 0.5) is 0 Å². The predicted molar refractivity (Wildman–Crippen MR) is 70.8 cm³/mol. The normalized spacial score (nSPS) is 33.1. The van der Waals surface area contributed by atoms with Gasteiger partial charge in [-0.3, -0.25) is 19.3 Å². The molecular weight excluding hydrogens is 258 g/mol. The highest BCUT2D eigenvalue weighted by molar-refractivity contribution is 5.99. The summed E-state index contributed by atoms with van der Waals surface area (Å²) in [6, 6.07) is -0.411. The number of nitrogens with zero attached hydrogens (tertiary/aromatic N) is 1. The minimum absolute atomic E-state index is 0.109. The second kappa shape index (κ2) is 4.86. The third-order valence-corrected chi connectivity index (χ3v) is 5.38. The monoisotopic (exact) mass is 279 g/mol. The van der Waals surface area contributed by atoms with Crippen LogP contribution in [0.3, 0.4) is 0 Å². The van der Waals surface area contributed by atoms with E-state index in [1.807, 2.05) is 0 Å². The first-order valence-corrected chi connectivity index (χ1v) is 7.60. The highest BCUT2D eigenvalue weighted by atomic mass is 16.4. The Hall–Kier alpha value is -1.39. The van der Waals surface area contributed by atoms with Crippen molar-refractivity contribution in [3.63, 3.8) is 0 Å². The molecule has 2 aliphatic carbocycles. The maximum atomic E-state index is 12.4. The van der Waals surface area contributed by atoms with Gasteiger partial charge in [0.25, 0.3) is 0 Å². The highest BCUT2D eigenvalue weighted by Crippen LogP contribution is 2.48. The SMILES string of the molecule is O=C(O)C1CCCC1N1C(=O)CC2(CCCC2)CC1=O. The molecule has 3 rings (SSSR count). The molecule has 110 valence electrons. The fourth-order valence-electron chi connectivity index (χ4n) is 4.40. The Morgan fingerprint density at radius 1 is 1.05 bits per heavy atom. The smallest absolute Gasteiger partial charge is 0.308 e. The molecule has 2 amide bonds. The molecule has 2 unspecified atom stereocenters. The van der Waals surface area contributed by atoms with Gasteiger partial charge in [-0.05, 0) is 31.1 Å². The number of aliphatic carboxylic acids is 1. The van der Waals surface area contributed by atoms with Crippen LogP contribution in [0.5, 0.6) is 0 Å². The Bertz CT molecular complexity index is 433. The first-order valence-electron chi connectivity index (χ1n) is 7.60. The topological polar surface area (TPSA) is 74.7 Å². The van der Waals surface area contributed by atoms with E-state index < -0.39 is 17.9 Å². The molecule has 0 radical (unpaired) electrons. The summed E-state index contributed by atoms with van der Waals surface area (Å²) in [6.07, 6.45) is 6.98. The van der Waals surface area contributed by atoms with Crippen molar-refractivity contribution >= 4 is 17.8 Å². The van der Waals surface area contributed by atoms with Crippen LogP contribution in [0.2, 0.25) is 0 Å². The summed E-state index contributed by atoms with van der Waals surface area (Å²) in [4.78, 5) is 37.4. The average Bonchev–Trinajstić information content (AvgIpc) is 2.98. The lowest BCUT2D eigenvalue weighted by atomic mass is 9.75. The van der Waals surface area contributed by atoms with E-state index in [0.717, 1.165) is 32.1 Å². The maximum Gasteiger partial charge on any atom is 0.308 e. The van der Waals surface area contributed by atoms with E-state index in [1.54, 1.807) is 0 Å². The summed E-state index contributed by atoms with van der Waals surface area (Å²) in [7, 11) is 0. The Kier molecular flexibility index (Phi) is 3.30. The molecule has 1 aliphatic heterocycles. The molecule has 2 atom stereocenters. The molecule has 3 fully saturated rings. The molecule has 5 nitrogen and oxygen atoms in total. The number of imide groups is 1. The number of carbonyl (C=O) groups excluding carboxylic acids is 2. The predicted octanol–water partition coefficient (Wildman–Crippen LogP) is 1.95. The van der Waals surface area contributed by atoms with E-state index in [-0.39, 0.29) is 17.2 Å². The first-order chi connectivity index (χ1) is 9.52. The van der Waals surface area contributed by atoms with Crippen molar-refractivity contribution in [1.29, 1.82) is 0 Å². The Morgan fingerprint density at radius 2 is 1.65 bits per heavy atom. The van der Waals surface area contributed by atoms with Gasteiger partial charge in [0.1, 0.15) is 0 Å². The number of amides is 2. The third kappa shape index (κ3) is 2.13. The molecule has 5 heteroatoms. The molecular formula is C15H21NO4.